The van der Waals surface area contributed by atoms with Crippen LogP contribution in [0.25, 0.3) is 11.1 Å². The first kappa shape index (κ1) is 15.2. The number of hydrogen-bond acceptors (Lipinski definition) is 5. The highest BCUT2D eigenvalue weighted by atomic mass is 16.4. The van der Waals surface area contributed by atoms with Gasteiger partial charge in [0.2, 0.25) is 0 Å². The number of benzene rings is 2. The maximum atomic E-state index is 11.9. The van der Waals surface area contributed by atoms with Gasteiger partial charge in [0.05, 0.1) is 0 Å². The van der Waals surface area contributed by atoms with E-state index in [0.29, 0.717) is 11.7 Å². The van der Waals surface area contributed by atoms with E-state index >= 15 is 0 Å². The van der Waals surface area contributed by atoms with Crippen molar-refractivity contribution in [2.24, 2.45) is 10.9 Å². The minimum Gasteiger partial charge on any atom is -0.481 e. The summed E-state index contributed by atoms with van der Waals surface area (Å²) in [5.41, 5.74) is 3.40. The molecule has 3 aromatic rings. The first-order chi connectivity index (χ1) is 12.1. The van der Waals surface area contributed by atoms with E-state index < -0.39 is 17.9 Å². The number of hydrogen-bond donors (Lipinski definition) is 1. The number of aliphatic imine (C=N–C) groups is 1. The van der Waals surface area contributed by atoms with Gasteiger partial charge in [0, 0.05) is 5.71 Å². The molecule has 2 unspecified atom stereocenters. The zero-order chi connectivity index (χ0) is 17.4. The molecule has 4 rings (SSSR count). The van der Waals surface area contributed by atoms with Crippen LogP contribution in [0.2, 0.25) is 0 Å². The molecule has 1 aliphatic heterocycles. The lowest BCUT2D eigenvalue weighted by molar-refractivity contribution is -0.140. The summed E-state index contributed by atoms with van der Waals surface area (Å²) in [6.45, 7) is 1.70. The van der Waals surface area contributed by atoms with Gasteiger partial charge >= 0.3 is 5.97 Å². The van der Waals surface area contributed by atoms with Crippen LogP contribution in [0, 0.1) is 5.92 Å². The minimum atomic E-state index is -0.947. The Morgan fingerprint density at radius 2 is 1.84 bits per heavy atom. The summed E-state index contributed by atoms with van der Waals surface area (Å²) in [6, 6.07) is 17.2. The van der Waals surface area contributed by atoms with Crippen LogP contribution in [0.3, 0.4) is 0 Å². The Hall–Kier alpha value is -3.35. The van der Waals surface area contributed by atoms with Crippen LogP contribution < -0.4 is 0 Å². The summed E-state index contributed by atoms with van der Waals surface area (Å²) in [5.74, 6) is -1.44. The van der Waals surface area contributed by atoms with Crippen molar-refractivity contribution in [3.05, 3.63) is 60.2 Å². The van der Waals surface area contributed by atoms with Crippen LogP contribution in [0.5, 0.6) is 0 Å². The van der Waals surface area contributed by atoms with Gasteiger partial charge in [-0.1, -0.05) is 53.6 Å². The number of carboxylic acid groups (broad SMARTS) is 1. The predicted octanol–water partition coefficient (Wildman–Crippen LogP) is 2.74. The lowest BCUT2D eigenvalue weighted by Gasteiger charge is -2.28. The lowest BCUT2D eigenvalue weighted by Crippen LogP contribution is -2.35. The van der Waals surface area contributed by atoms with E-state index in [1.807, 2.05) is 54.6 Å². The number of nitrogens with zero attached hydrogens (tertiary/aromatic N) is 5. The molecule has 1 N–H and O–H groups in total. The van der Waals surface area contributed by atoms with Crippen LogP contribution in [0.15, 0.2) is 59.6 Å². The fourth-order valence-electron chi connectivity index (χ4n) is 3.22. The van der Waals surface area contributed by atoms with E-state index in [1.165, 1.54) is 4.68 Å². The summed E-state index contributed by atoms with van der Waals surface area (Å²) in [4.78, 5) is 16.1. The van der Waals surface area contributed by atoms with Crippen molar-refractivity contribution in [3.63, 3.8) is 0 Å². The van der Waals surface area contributed by atoms with Crippen molar-refractivity contribution in [2.45, 2.75) is 13.0 Å². The topological polar surface area (TPSA) is 93.3 Å². The summed E-state index contributed by atoms with van der Waals surface area (Å²) < 4.78 is 1.48. The van der Waals surface area contributed by atoms with E-state index in [9.17, 15) is 9.90 Å². The number of carboxylic acids is 1. The molecule has 0 saturated carbocycles. The maximum Gasteiger partial charge on any atom is 0.314 e. The molecule has 0 amide bonds. The molecule has 124 valence electrons. The third kappa shape index (κ3) is 2.59. The van der Waals surface area contributed by atoms with E-state index in [-0.39, 0.29) is 0 Å². The molecule has 0 saturated heterocycles. The van der Waals surface area contributed by atoms with Gasteiger partial charge in [-0.3, -0.25) is 4.79 Å². The fraction of sp³-hybridized carbons (Fsp3) is 0.167. The highest BCUT2D eigenvalue weighted by Crippen LogP contribution is 2.36. The predicted molar refractivity (Wildman–Crippen MR) is 91.7 cm³/mol. The van der Waals surface area contributed by atoms with E-state index in [0.717, 1.165) is 16.7 Å². The molecule has 0 radical (unpaired) electrons. The van der Waals surface area contributed by atoms with Gasteiger partial charge < -0.3 is 5.11 Å². The monoisotopic (exact) mass is 333 g/mol. The fourth-order valence-corrected chi connectivity index (χ4v) is 3.22. The first-order valence-corrected chi connectivity index (χ1v) is 7.86. The SMILES string of the molecule is CC1=Nc2nnnn2C(c2cccc(-c3ccccc3)c2)C1C(=O)O. The van der Waals surface area contributed by atoms with Crippen molar-refractivity contribution in [3.8, 4) is 11.1 Å². The molecule has 7 nitrogen and oxygen atoms in total. The molecular formula is C18H15N5O2. The normalized spacial score (nSPS) is 19.2. The third-order valence-electron chi connectivity index (χ3n) is 4.38. The van der Waals surface area contributed by atoms with Crippen molar-refractivity contribution in [1.29, 1.82) is 0 Å². The average Bonchev–Trinajstić information content (AvgIpc) is 3.09. The quantitative estimate of drug-likeness (QED) is 0.795. The number of tetrazole rings is 1. The van der Waals surface area contributed by atoms with Crippen molar-refractivity contribution in [2.75, 3.05) is 0 Å². The van der Waals surface area contributed by atoms with Crippen molar-refractivity contribution < 1.29 is 9.90 Å². The molecule has 0 bridgehead atoms. The Morgan fingerprint density at radius 3 is 2.60 bits per heavy atom. The Morgan fingerprint density at radius 1 is 1.08 bits per heavy atom. The number of rotatable bonds is 3. The molecule has 0 spiro atoms. The summed E-state index contributed by atoms with van der Waals surface area (Å²) in [6.07, 6.45) is 0. The molecule has 0 fully saturated rings. The summed E-state index contributed by atoms with van der Waals surface area (Å²) >= 11 is 0. The highest BCUT2D eigenvalue weighted by Gasteiger charge is 2.39. The molecule has 2 aromatic carbocycles. The Bertz CT molecular complexity index is 964. The molecule has 2 heterocycles. The smallest absolute Gasteiger partial charge is 0.314 e. The Labute approximate surface area is 143 Å². The number of fused-ring (bicyclic) bond motifs is 1. The molecule has 25 heavy (non-hydrogen) atoms. The van der Waals surface area contributed by atoms with Gasteiger partial charge in [-0.25, -0.2) is 9.67 Å². The van der Waals surface area contributed by atoms with Gasteiger partial charge in [-0.15, -0.1) is 0 Å². The lowest BCUT2D eigenvalue weighted by atomic mass is 9.87. The molecular weight excluding hydrogens is 318 g/mol. The zero-order valence-corrected chi connectivity index (χ0v) is 13.4. The second kappa shape index (κ2) is 5.94. The third-order valence-corrected chi connectivity index (χ3v) is 4.38. The van der Waals surface area contributed by atoms with Crippen molar-refractivity contribution in [1.82, 2.24) is 20.2 Å². The van der Waals surface area contributed by atoms with Gasteiger partial charge in [0.1, 0.15) is 12.0 Å². The van der Waals surface area contributed by atoms with Gasteiger partial charge in [0.25, 0.3) is 5.95 Å². The number of aromatic nitrogens is 4. The molecule has 2 atom stereocenters. The van der Waals surface area contributed by atoms with Crippen LogP contribution in [0.4, 0.5) is 5.95 Å². The molecule has 1 aromatic heterocycles. The van der Waals surface area contributed by atoms with E-state index in [2.05, 4.69) is 20.5 Å². The summed E-state index contributed by atoms with van der Waals surface area (Å²) in [5, 5.41) is 21.2. The molecule has 1 aliphatic rings. The molecule has 7 heteroatoms. The zero-order valence-electron chi connectivity index (χ0n) is 13.4. The largest absolute Gasteiger partial charge is 0.481 e. The van der Waals surface area contributed by atoms with Gasteiger partial charge in [-0.2, -0.15) is 0 Å². The van der Waals surface area contributed by atoms with Crippen molar-refractivity contribution >= 4 is 17.6 Å². The Kier molecular flexibility index (Phi) is 3.61. The Balaban J connectivity index is 1.85. The van der Waals surface area contributed by atoms with Gasteiger partial charge in [-0.05, 0) is 40.1 Å². The second-order valence-electron chi connectivity index (χ2n) is 5.93. The highest BCUT2D eigenvalue weighted by molar-refractivity contribution is 6.02. The second-order valence-corrected chi connectivity index (χ2v) is 5.93. The first-order valence-electron chi connectivity index (χ1n) is 7.86. The van der Waals surface area contributed by atoms with Crippen LogP contribution in [-0.2, 0) is 4.79 Å². The summed E-state index contributed by atoms with van der Waals surface area (Å²) in [7, 11) is 0. The van der Waals surface area contributed by atoms with Crippen LogP contribution in [-0.4, -0.2) is 37.0 Å². The van der Waals surface area contributed by atoms with E-state index in [4.69, 9.17) is 0 Å². The number of aliphatic carboxylic acids is 1. The van der Waals surface area contributed by atoms with Crippen LogP contribution >= 0.6 is 0 Å². The molecule has 0 aliphatic carbocycles. The maximum absolute atomic E-state index is 11.9. The average molecular weight is 333 g/mol. The van der Waals surface area contributed by atoms with Gasteiger partial charge in [0.15, 0.2) is 0 Å². The minimum absolute atomic E-state index is 0.324. The van der Waals surface area contributed by atoms with Crippen LogP contribution in [0.1, 0.15) is 18.5 Å². The number of carbonyl (C=O) groups is 1. The standard InChI is InChI=1S/C18H15N5O2/c1-11-15(17(24)25)16(23-18(19-11)20-21-22-23)14-9-5-8-13(10-14)12-6-3-2-4-7-12/h2-10,15-16H,1H3,(H,24,25). The van der Waals surface area contributed by atoms with E-state index in [1.54, 1.807) is 6.92 Å².